The monoisotopic (exact) mass is 427 g/mol. The van der Waals surface area contributed by atoms with Crippen LogP contribution in [0.2, 0.25) is 0 Å². The number of amides is 1. The maximum absolute atomic E-state index is 13.7. The first kappa shape index (κ1) is 21.1. The number of methoxy groups -OCH3 is 1. The lowest BCUT2D eigenvalue weighted by Gasteiger charge is -2.33. The van der Waals surface area contributed by atoms with Gasteiger partial charge in [-0.25, -0.2) is 14.2 Å². The Hall–Kier alpha value is -3.13. The van der Waals surface area contributed by atoms with Crippen LogP contribution in [0, 0.1) is 5.82 Å². The van der Waals surface area contributed by atoms with Gasteiger partial charge < -0.3 is 24.1 Å². The molecule has 1 aliphatic heterocycles. The van der Waals surface area contributed by atoms with Gasteiger partial charge in [0.2, 0.25) is 0 Å². The first-order valence-electron chi connectivity index (χ1n) is 10.2. The quantitative estimate of drug-likeness (QED) is 0.656. The van der Waals surface area contributed by atoms with E-state index in [-0.39, 0.29) is 18.0 Å². The molecule has 1 N–H and O–H groups in total. The van der Waals surface area contributed by atoms with Gasteiger partial charge in [-0.15, -0.1) is 0 Å². The van der Waals surface area contributed by atoms with Gasteiger partial charge in [0.15, 0.2) is 0 Å². The van der Waals surface area contributed by atoms with Gasteiger partial charge in [-0.1, -0.05) is 0 Å². The normalized spacial score (nSPS) is 17.1. The van der Waals surface area contributed by atoms with Gasteiger partial charge in [-0.2, -0.15) is 0 Å². The van der Waals surface area contributed by atoms with Gasteiger partial charge in [-0.3, -0.25) is 0 Å². The highest BCUT2D eigenvalue weighted by Gasteiger charge is 2.30. The Morgan fingerprint density at radius 1 is 1.26 bits per heavy atom. The highest BCUT2D eigenvalue weighted by molar-refractivity contribution is 5.95. The number of pyridine rings is 1. The molecule has 1 unspecified atom stereocenters. The first-order chi connectivity index (χ1) is 14.7. The van der Waals surface area contributed by atoms with Crippen molar-refractivity contribution in [2.75, 3.05) is 26.8 Å². The second-order valence-electron chi connectivity index (χ2n) is 8.48. The number of nitrogens with zero attached hydrogens (tertiary/aromatic N) is 2. The average molecular weight is 427 g/mol. The van der Waals surface area contributed by atoms with Crippen LogP contribution < -0.4 is 4.74 Å². The number of fused-ring (bicyclic) bond motifs is 1. The highest BCUT2D eigenvalue weighted by atomic mass is 19.1. The molecule has 3 aromatic rings. The summed E-state index contributed by atoms with van der Waals surface area (Å²) in [5, 5.41) is 0.861. The zero-order valence-electron chi connectivity index (χ0n) is 18.1. The number of hydrogen-bond acceptors (Lipinski definition) is 5. The van der Waals surface area contributed by atoms with E-state index < -0.39 is 5.60 Å². The van der Waals surface area contributed by atoms with Crippen LogP contribution in [0.5, 0.6) is 5.75 Å². The second kappa shape index (κ2) is 8.19. The zero-order valence-corrected chi connectivity index (χ0v) is 18.1. The first-order valence-corrected chi connectivity index (χ1v) is 10.2. The van der Waals surface area contributed by atoms with E-state index in [0.29, 0.717) is 31.1 Å². The van der Waals surface area contributed by atoms with Crippen LogP contribution in [-0.2, 0) is 9.47 Å². The summed E-state index contributed by atoms with van der Waals surface area (Å²) in [5.74, 6) is 0.0822. The predicted octanol–water partition coefficient (Wildman–Crippen LogP) is 4.69. The summed E-state index contributed by atoms with van der Waals surface area (Å²) in [7, 11) is 1.51. The van der Waals surface area contributed by atoms with E-state index in [0.717, 1.165) is 22.2 Å². The van der Waals surface area contributed by atoms with Crippen molar-refractivity contribution in [2.45, 2.75) is 32.5 Å². The lowest BCUT2D eigenvalue weighted by molar-refractivity contribution is -0.0444. The Morgan fingerprint density at radius 3 is 2.81 bits per heavy atom. The minimum Gasteiger partial charge on any atom is -0.496 e. The van der Waals surface area contributed by atoms with Crippen molar-refractivity contribution in [2.24, 2.45) is 0 Å². The lowest BCUT2D eigenvalue weighted by atomic mass is 10.0. The van der Waals surface area contributed by atoms with Gasteiger partial charge >= 0.3 is 6.09 Å². The molecule has 1 amide bonds. The number of carbonyl (C=O) groups excluding carboxylic acids is 1. The lowest BCUT2D eigenvalue weighted by Crippen LogP contribution is -2.44. The van der Waals surface area contributed by atoms with Crippen LogP contribution in [-0.4, -0.2) is 53.4 Å². The molecule has 0 bridgehead atoms. The zero-order chi connectivity index (χ0) is 22.2. The SMILES string of the molecule is COc1cc(F)ccc1-c1ccnc2[nH]c(C3CN(C(=O)OC(C)(C)C)CCO3)cc12. The molecular formula is C23H26FN3O4. The van der Waals surface area contributed by atoms with Gasteiger partial charge in [0.1, 0.15) is 28.9 Å². The molecule has 0 aliphatic carbocycles. The van der Waals surface area contributed by atoms with Crippen molar-refractivity contribution in [3.8, 4) is 16.9 Å². The van der Waals surface area contributed by atoms with Crippen LogP contribution in [0.15, 0.2) is 36.5 Å². The van der Waals surface area contributed by atoms with Crippen molar-refractivity contribution in [1.82, 2.24) is 14.9 Å². The van der Waals surface area contributed by atoms with Gasteiger partial charge in [0, 0.05) is 35.5 Å². The van der Waals surface area contributed by atoms with E-state index in [2.05, 4.69) is 9.97 Å². The molecule has 7 nitrogen and oxygen atoms in total. The summed E-state index contributed by atoms with van der Waals surface area (Å²) in [6.07, 6.45) is 1.00. The Kier molecular flexibility index (Phi) is 5.58. The van der Waals surface area contributed by atoms with Crippen LogP contribution in [0.3, 0.4) is 0 Å². The largest absolute Gasteiger partial charge is 0.496 e. The number of benzene rings is 1. The summed E-state index contributed by atoms with van der Waals surface area (Å²) in [6.45, 7) is 6.79. The molecule has 8 heteroatoms. The molecular weight excluding hydrogens is 401 g/mol. The summed E-state index contributed by atoms with van der Waals surface area (Å²) < 4.78 is 30.5. The van der Waals surface area contributed by atoms with Crippen molar-refractivity contribution in [3.05, 3.63) is 48.0 Å². The molecule has 0 radical (unpaired) electrons. The number of H-pyrrole nitrogens is 1. The number of aromatic nitrogens is 2. The summed E-state index contributed by atoms with van der Waals surface area (Å²) >= 11 is 0. The van der Waals surface area contributed by atoms with Gasteiger partial charge in [-0.05, 0) is 50.6 Å². The van der Waals surface area contributed by atoms with Crippen molar-refractivity contribution < 1.29 is 23.4 Å². The minimum atomic E-state index is -0.557. The maximum Gasteiger partial charge on any atom is 0.410 e. The third-order valence-corrected chi connectivity index (χ3v) is 5.07. The van der Waals surface area contributed by atoms with Gasteiger partial charge in [0.25, 0.3) is 0 Å². The Bertz CT molecular complexity index is 1110. The molecule has 31 heavy (non-hydrogen) atoms. The molecule has 3 heterocycles. The molecule has 0 spiro atoms. The summed E-state index contributed by atoms with van der Waals surface area (Å²) in [4.78, 5) is 21.9. The standard InChI is InChI=1S/C23H26FN3O4/c1-23(2,3)31-22(28)27-9-10-30-20(13-27)18-12-17-15(7-8-25-21(17)26-18)16-6-5-14(24)11-19(16)29-4/h5-8,11-12,20H,9-10,13H2,1-4H3,(H,25,26). The molecule has 1 fully saturated rings. The van der Waals surface area contributed by atoms with Crippen LogP contribution in [0.25, 0.3) is 22.2 Å². The number of hydrogen-bond donors (Lipinski definition) is 1. The van der Waals surface area contributed by atoms with E-state index in [4.69, 9.17) is 14.2 Å². The third kappa shape index (κ3) is 4.49. The van der Waals surface area contributed by atoms with E-state index in [1.54, 1.807) is 17.2 Å². The van der Waals surface area contributed by atoms with Crippen molar-refractivity contribution in [1.29, 1.82) is 0 Å². The maximum atomic E-state index is 13.7. The molecule has 164 valence electrons. The number of nitrogens with one attached hydrogen (secondary N) is 1. The third-order valence-electron chi connectivity index (χ3n) is 5.07. The Balaban J connectivity index is 1.65. The number of morpholine rings is 1. The second-order valence-corrected chi connectivity index (χ2v) is 8.48. The molecule has 1 atom stereocenters. The molecule has 4 rings (SSSR count). The summed E-state index contributed by atoms with van der Waals surface area (Å²) in [6, 6.07) is 8.28. The fraction of sp³-hybridized carbons (Fsp3) is 0.391. The number of aromatic amines is 1. The predicted molar refractivity (Wildman–Crippen MR) is 115 cm³/mol. The smallest absolute Gasteiger partial charge is 0.410 e. The molecule has 1 aliphatic rings. The van der Waals surface area contributed by atoms with Crippen LogP contribution in [0.1, 0.15) is 32.6 Å². The Labute approximate surface area is 180 Å². The molecule has 2 aromatic heterocycles. The summed E-state index contributed by atoms with van der Waals surface area (Å²) in [5.41, 5.74) is 2.56. The number of ether oxygens (including phenoxy) is 3. The molecule has 1 saturated heterocycles. The van der Waals surface area contributed by atoms with E-state index in [9.17, 15) is 9.18 Å². The number of halogens is 1. The van der Waals surface area contributed by atoms with E-state index in [1.165, 1.54) is 19.2 Å². The molecule has 1 aromatic carbocycles. The fourth-order valence-corrected chi connectivity index (χ4v) is 3.67. The number of carbonyl (C=O) groups is 1. The van der Waals surface area contributed by atoms with Crippen molar-refractivity contribution in [3.63, 3.8) is 0 Å². The van der Waals surface area contributed by atoms with Crippen LogP contribution in [0.4, 0.5) is 9.18 Å². The minimum absolute atomic E-state index is 0.335. The topological polar surface area (TPSA) is 76.7 Å². The van der Waals surface area contributed by atoms with E-state index in [1.807, 2.05) is 32.9 Å². The van der Waals surface area contributed by atoms with Crippen LogP contribution >= 0.6 is 0 Å². The number of rotatable bonds is 3. The molecule has 0 saturated carbocycles. The van der Waals surface area contributed by atoms with Gasteiger partial charge in [0.05, 0.1) is 20.3 Å². The fourth-order valence-electron chi connectivity index (χ4n) is 3.67. The highest BCUT2D eigenvalue weighted by Crippen LogP contribution is 2.36. The Morgan fingerprint density at radius 2 is 2.06 bits per heavy atom. The average Bonchev–Trinajstić information content (AvgIpc) is 3.17. The van der Waals surface area contributed by atoms with E-state index >= 15 is 0 Å². The van der Waals surface area contributed by atoms with Crippen molar-refractivity contribution >= 4 is 17.1 Å².